The highest BCUT2D eigenvalue weighted by Crippen LogP contribution is 2.08. The van der Waals surface area contributed by atoms with E-state index in [1.807, 2.05) is 25.1 Å². The van der Waals surface area contributed by atoms with Gasteiger partial charge in [-0.1, -0.05) is 55.0 Å². The van der Waals surface area contributed by atoms with Crippen molar-refractivity contribution in [1.82, 2.24) is 0 Å². The summed E-state index contributed by atoms with van der Waals surface area (Å²) in [5.41, 5.74) is 2.29. The van der Waals surface area contributed by atoms with E-state index in [0.717, 1.165) is 5.56 Å². The highest BCUT2D eigenvalue weighted by molar-refractivity contribution is 5.69. The van der Waals surface area contributed by atoms with E-state index in [9.17, 15) is 9.18 Å². The van der Waals surface area contributed by atoms with Crippen molar-refractivity contribution in [2.45, 2.75) is 39.7 Å². The van der Waals surface area contributed by atoms with Gasteiger partial charge in [-0.15, -0.1) is 0 Å². The van der Waals surface area contributed by atoms with Crippen molar-refractivity contribution >= 4 is 5.97 Å². The molecule has 0 saturated carbocycles. The second-order valence-electron chi connectivity index (χ2n) is 5.14. The Labute approximate surface area is 131 Å². The Morgan fingerprint density at radius 1 is 1.09 bits per heavy atom. The minimum Gasteiger partial charge on any atom is -0.462 e. The van der Waals surface area contributed by atoms with Gasteiger partial charge < -0.3 is 4.74 Å². The lowest BCUT2D eigenvalue weighted by atomic mass is 10.1. The third-order valence-electron chi connectivity index (χ3n) is 3.00. The number of hydrogen-bond acceptors (Lipinski definition) is 2. The second kappa shape index (κ2) is 9.72. The first-order valence-electron chi connectivity index (χ1n) is 7.46. The number of hydrogen-bond donors (Lipinski definition) is 0. The van der Waals surface area contributed by atoms with E-state index in [-0.39, 0.29) is 17.9 Å². The number of esters is 1. The topological polar surface area (TPSA) is 26.3 Å². The van der Waals surface area contributed by atoms with Crippen LogP contribution in [0.4, 0.5) is 4.39 Å². The van der Waals surface area contributed by atoms with Gasteiger partial charge in [0.05, 0.1) is 0 Å². The molecule has 2 aromatic rings. The molecule has 0 aromatic heterocycles. The summed E-state index contributed by atoms with van der Waals surface area (Å²) in [5.74, 6) is -0.457. The maximum Gasteiger partial charge on any atom is 0.305 e. The molecule has 0 saturated heterocycles. The smallest absolute Gasteiger partial charge is 0.305 e. The maximum absolute atomic E-state index is 12.6. The van der Waals surface area contributed by atoms with Gasteiger partial charge in [0.2, 0.25) is 0 Å². The fourth-order valence-electron chi connectivity index (χ4n) is 1.84. The molecule has 0 aliphatic carbocycles. The molecule has 0 N–H and O–H groups in total. The zero-order valence-corrected chi connectivity index (χ0v) is 13.4. The number of benzene rings is 2. The summed E-state index contributed by atoms with van der Waals surface area (Å²) >= 11 is 0. The van der Waals surface area contributed by atoms with Crippen LogP contribution in [0.5, 0.6) is 0 Å². The summed E-state index contributed by atoms with van der Waals surface area (Å²) in [5, 5.41) is 0. The minimum absolute atomic E-state index is 0.164. The van der Waals surface area contributed by atoms with E-state index in [0.29, 0.717) is 12.8 Å². The molecule has 22 heavy (non-hydrogen) atoms. The molecular weight excluding hydrogens is 279 g/mol. The van der Waals surface area contributed by atoms with Crippen LogP contribution in [-0.2, 0) is 16.0 Å². The first-order chi connectivity index (χ1) is 10.5. The number of rotatable bonds is 4. The van der Waals surface area contributed by atoms with E-state index in [1.165, 1.54) is 17.7 Å². The van der Waals surface area contributed by atoms with E-state index in [2.05, 4.69) is 19.1 Å². The Morgan fingerprint density at radius 3 is 2.14 bits per heavy atom. The molecule has 2 nitrogen and oxygen atoms in total. The highest BCUT2D eigenvalue weighted by Gasteiger charge is 2.08. The first-order valence-corrected chi connectivity index (χ1v) is 7.46. The van der Waals surface area contributed by atoms with Crippen molar-refractivity contribution in [2.24, 2.45) is 0 Å². The number of carbonyl (C=O) groups excluding carboxylic acids is 1. The van der Waals surface area contributed by atoms with Crippen molar-refractivity contribution in [1.29, 1.82) is 0 Å². The van der Waals surface area contributed by atoms with Crippen LogP contribution in [0.1, 0.15) is 31.4 Å². The van der Waals surface area contributed by atoms with Gasteiger partial charge in [0.15, 0.2) is 0 Å². The summed E-state index contributed by atoms with van der Waals surface area (Å²) in [6, 6.07) is 16.5. The molecule has 0 aliphatic heterocycles. The lowest BCUT2D eigenvalue weighted by molar-refractivity contribution is -0.147. The fourth-order valence-corrected chi connectivity index (χ4v) is 1.84. The Morgan fingerprint density at radius 2 is 1.68 bits per heavy atom. The Balaban J connectivity index is 0.000000287. The molecule has 1 unspecified atom stereocenters. The fraction of sp³-hybridized carbons (Fsp3) is 0.316. The zero-order chi connectivity index (χ0) is 16.4. The van der Waals surface area contributed by atoms with Crippen LogP contribution < -0.4 is 0 Å². The molecule has 3 heteroatoms. The molecule has 1 atom stereocenters. The number of halogens is 1. The molecule has 0 fully saturated rings. The summed E-state index contributed by atoms with van der Waals surface area (Å²) in [6.45, 7) is 5.67. The van der Waals surface area contributed by atoms with Crippen LogP contribution in [0.25, 0.3) is 0 Å². The van der Waals surface area contributed by atoms with Gasteiger partial charge in [0.1, 0.15) is 11.9 Å². The molecule has 0 aliphatic rings. The lowest BCUT2D eigenvalue weighted by Crippen LogP contribution is -2.16. The van der Waals surface area contributed by atoms with Gasteiger partial charge in [-0.25, -0.2) is 4.39 Å². The van der Waals surface area contributed by atoms with E-state index >= 15 is 0 Å². The van der Waals surface area contributed by atoms with Gasteiger partial charge in [0, 0.05) is 12.8 Å². The molecule has 0 spiro atoms. The standard InChI is InChI=1S/C12H15FO2.C7H8/c1-3-12(14)15-9(2)8-10-4-6-11(13)7-5-10;1-7-5-3-2-4-6-7/h4-7,9H,3,8H2,1-2H3;2-6H,1H3. The van der Waals surface area contributed by atoms with Crippen molar-refractivity contribution in [3.8, 4) is 0 Å². The van der Waals surface area contributed by atoms with Gasteiger partial charge >= 0.3 is 5.97 Å². The number of aryl methyl sites for hydroxylation is 1. The normalized spacial score (nSPS) is 11.1. The summed E-state index contributed by atoms with van der Waals surface area (Å²) in [4.78, 5) is 11.0. The molecule has 118 valence electrons. The largest absolute Gasteiger partial charge is 0.462 e. The summed E-state index contributed by atoms with van der Waals surface area (Å²) < 4.78 is 17.7. The Kier molecular flexibility index (Phi) is 7.90. The molecule has 0 amide bonds. The maximum atomic E-state index is 12.6. The van der Waals surface area contributed by atoms with Crippen molar-refractivity contribution < 1.29 is 13.9 Å². The quantitative estimate of drug-likeness (QED) is 0.765. The molecule has 0 bridgehead atoms. The average molecular weight is 302 g/mol. The predicted molar refractivity (Wildman–Crippen MR) is 87.1 cm³/mol. The van der Waals surface area contributed by atoms with Crippen LogP contribution in [0.2, 0.25) is 0 Å². The molecule has 0 heterocycles. The van der Waals surface area contributed by atoms with E-state index in [4.69, 9.17) is 4.74 Å². The molecule has 2 aromatic carbocycles. The zero-order valence-electron chi connectivity index (χ0n) is 13.4. The van der Waals surface area contributed by atoms with Gasteiger partial charge in [-0.2, -0.15) is 0 Å². The molecular formula is C19H23FO2. The lowest BCUT2D eigenvalue weighted by Gasteiger charge is -2.12. The van der Waals surface area contributed by atoms with Crippen molar-refractivity contribution in [3.63, 3.8) is 0 Å². The predicted octanol–water partition coefficient (Wildman–Crippen LogP) is 4.70. The molecule has 2 rings (SSSR count). The van der Waals surface area contributed by atoms with E-state index in [1.54, 1.807) is 19.1 Å². The van der Waals surface area contributed by atoms with Crippen LogP contribution in [0, 0.1) is 12.7 Å². The third kappa shape index (κ3) is 7.58. The SMILES string of the molecule is CCC(=O)OC(C)Cc1ccc(F)cc1.Cc1ccccc1. The van der Waals surface area contributed by atoms with Crippen molar-refractivity contribution in [2.75, 3.05) is 0 Å². The number of ether oxygens (including phenoxy) is 1. The van der Waals surface area contributed by atoms with Crippen LogP contribution >= 0.6 is 0 Å². The minimum atomic E-state index is -0.253. The van der Waals surface area contributed by atoms with Gasteiger partial charge in [0.25, 0.3) is 0 Å². The van der Waals surface area contributed by atoms with Crippen LogP contribution in [0.15, 0.2) is 54.6 Å². The Bertz CT molecular complexity index is 549. The van der Waals surface area contributed by atoms with Crippen LogP contribution in [0.3, 0.4) is 0 Å². The van der Waals surface area contributed by atoms with E-state index < -0.39 is 0 Å². The molecule has 0 radical (unpaired) electrons. The Hall–Kier alpha value is -2.16. The average Bonchev–Trinajstić information content (AvgIpc) is 2.51. The van der Waals surface area contributed by atoms with Gasteiger partial charge in [-0.3, -0.25) is 4.79 Å². The highest BCUT2D eigenvalue weighted by atomic mass is 19.1. The third-order valence-corrected chi connectivity index (χ3v) is 3.00. The van der Waals surface area contributed by atoms with Crippen LogP contribution in [-0.4, -0.2) is 12.1 Å². The summed E-state index contributed by atoms with van der Waals surface area (Å²) in [7, 11) is 0. The number of carbonyl (C=O) groups is 1. The summed E-state index contributed by atoms with van der Waals surface area (Å²) in [6.07, 6.45) is 0.836. The first kappa shape index (κ1) is 17.9. The van der Waals surface area contributed by atoms with Gasteiger partial charge in [-0.05, 0) is 31.5 Å². The monoisotopic (exact) mass is 302 g/mol. The van der Waals surface area contributed by atoms with Crippen molar-refractivity contribution in [3.05, 3.63) is 71.5 Å². The second-order valence-corrected chi connectivity index (χ2v) is 5.14.